The van der Waals surface area contributed by atoms with E-state index in [0.29, 0.717) is 27.9 Å². The minimum Gasteiger partial charge on any atom is -0.322 e. The number of aliphatic imine (C=N–C) groups is 1. The Hall–Kier alpha value is -2.38. The number of carbonyl (C=O) groups is 2. The first-order valence-corrected chi connectivity index (χ1v) is 10.2. The van der Waals surface area contributed by atoms with E-state index in [-0.39, 0.29) is 11.8 Å². The van der Waals surface area contributed by atoms with E-state index in [1.54, 1.807) is 4.90 Å². The molecular formula is C20H16BrN3O2S. The number of hydrogen-bond acceptors (Lipinski definition) is 4. The number of benzene rings is 2. The van der Waals surface area contributed by atoms with Gasteiger partial charge in [-0.3, -0.25) is 14.5 Å². The molecule has 0 spiro atoms. The third-order valence-electron chi connectivity index (χ3n) is 4.45. The van der Waals surface area contributed by atoms with Crippen LogP contribution in [0.15, 0.2) is 75.3 Å². The van der Waals surface area contributed by atoms with Crippen LogP contribution in [0.5, 0.6) is 0 Å². The summed E-state index contributed by atoms with van der Waals surface area (Å²) in [6, 6.07) is 16.5. The van der Waals surface area contributed by atoms with Crippen LogP contribution in [0.25, 0.3) is 0 Å². The zero-order chi connectivity index (χ0) is 19.0. The van der Waals surface area contributed by atoms with Gasteiger partial charge >= 0.3 is 0 Å². The topological polar surface area (TPSA) is 61.8 Å². The molecule has 2 heterocycles. The summed E-state index contributed by atoms with van der Waals surface area (Å²) < 4.78 is 0.939. The summed E-state index contributed by atoms with van der Waals surface area (Å²) in [7, 11) is 0. The van der Waals surface area contributed by atoms with Crippen LogP contribution in [0.4, 0.5) is 5.69 Å². The van der Waals surface area contributed by atoms with Crippen molar-refractivity contribution in [2.75, 3.05) is 11.1 Å². The summed E-state index contributed by atoms with van der Waals surface area (Å²) in [4.78, 5) is 31.9. The van der Waals surface area contributed by atoms with Crippen molar-refractivity contribution in [3.8, 4) is 0 Å². The molecule has 27 heavy (non-hydrogen) atoms. The number of rotatable bonds is 3. The molecule has 0 aliphatic carbocycles. The standard InChI is InChI=1S/C20H16BrN3O2S/c1-12-17(19(26)23-15-5-3-2-4-6-15)18(13-7-9-14(21)10-8-13)24-16(25)11-27-20(24)22-12/h2-10,18H,11H2,1H3,(H,23,26). The molecular weight excluding hydrogens is 426 g/mol. The lowest BCUT2D eigenvalue weighted by atomic mass is 9.94. The molecule has 5 nitrogen and oxygen atoms in total. The smallest absolute Gasteiger partial charge is 0.255 e. The van der Waals surface area contributed by atoms with Gasteiger partial charge < -0.3 is 5.32 Å². The number of para-hydroxylation sites is 1. The van der Waals surface area contributed by atoms with Crippen molar-refractivity contribution in [3.05, 3.63) is 75.9 Å². The van der Waals surface area contributed by atoms with Gasteiger partial charge in [0.1, 0.15) is 0 Å². The molecule has 2 aliphatic heterocycles. The van der Waals surface area contributed by atoms with E-state index in [0.717, 1.165) is 10.0 Å². The fourth-order valence-corrected chi connectivity index (χ4v) is 4.42. The van der Waals surface area contributed by atoms with E-state index < -0.39 is 6.04 Å². The van der Waals surface area contributed by atoms with Gasteiger partial charge in [-0.05, 0) is 36.8 Å². The Morgan fingerprint density at radius 1 is 1.19 bits per heavy atom. The van der Waals surface area contributed by atoms with Gasteiger partial charge in [-0.25, -0.2) is 4.99 Å². The molecule has 0 radical (unpaired) electrons. The molecule has 2 aromatic rings. The molecule has 2 aliphatic rings. The van der Waals surface area contributed by atoms with Crippen LogP contribution in [0.2, 0.25) is 0 Å². The third-order valence-corrected chi connectivity index (χ3v) is 5.91. The molecule has 1 atom stereocenters. The van der Waals surface area contributed by atoms with Crippen LogP contribution in [-0.2, 0) is 9.59 Å². The molecule has 2 aromatic carbocycles. The first-order chi connectivity index (χ1) is 13.0. The summed E-state index contributed by atoms with van der Waals surface area (Å²) >= 11 is 4.85. The van der Waals surface area contributed by atoms with Crippen molar-refractivity contribution >= 4 is 50.4 Å². The summed E-state index contributed by atoms with van der Waals surface area (Å²) in [5.74, 6) is 0.0514. The predicted octanol–water partition coefficient (Wildman–Crippen LogP) is 4.35. The zero-order valence-corrected chi connectivity index (χ0v) is 16.9. The Kier molecular flexibility index (Phi) is 4.88. The number of halogens is 1. The summed E-state index contributed by atoms with van der Waals surface area (Å²) in [6.45, 7) is 1.82. The predicted molar refractivity (Wildman–Crippen MR) is 111 cm³/mol. The number of carbonyl (C=O) groups excluding carboxylic acids is 2. The van der Waals surface area contributed by atoms with Gasteiger partial charge in [0, 0.05) is 10.2 Å². The molecule has 7 heteroatoms. The molecule has 136 valence electrons. The highest BCUT2D eigenvalue weighted by Gasteiger charge is 2.42. The minimum absolute atomic E-state index is 0.0378. The average molecular weight is 442 g/mol. The van der Waals surface area contributed by atoms with Crippen LogP contribution in [0.3, 0.4) is 0 Å². The number of anilines is 1. The second-order valence-electron chi connectivity index (χ2n) is 6.22. The van der Waals surface area contributed by atoms with Gasteiger partial charge in [-0.1, -0.05) is 58.0 Å². The highest BCUT2D eigenvalue weighted by Crippen LogP contribution is 2.41. The SMILES string of the molecule is CC1=C(C(=O)Nc2ccccc2)C(c2ccc(Br)cc2)N2C(=O)CSC2=N1. The van der Waals surface area contributed by atoms with Crippen LogP contribution in [-0.4, -0.2) is 27.6 Å². The summed E-state index contributed by atoms with van der Waals surface area (Å²) in [5.41, 5.74) is 2.69. The highest BCUT2D eigenvalue weighted by atomic mass is 79.9. The van der Waals surface area contributed by atoms with Crippen molar-refractivity contribution in [2.45, 2.75) is 13.0 Å². The van der Waals surface area contributed by atoms with Gasteiger partial charge in [0.2, 0.25) is 5.91 Å². The van der Waals surface area contributed by atoms with Gasteiger partial charge in [0.05, 0.1) is 23.1 Å². The number of amidine groups is 1. The number of amides is 2. The highest BCUT2D eigenvalue weighted by molar-refractivity contribution is 9.10. The lowest BCUT2D eigenvalue weighted by molar-refractivity contribution is -0.125. The maximum Gasteiger partial charge on any atom is 0.255 e. The zero-order valence-electron chi connectivity index (χ0n) is 14.5. The Balaban J connectivity index is 1.78. The monoisotopic (exact) mass is 441 g/mol. The van der Waals surface area contributed by atoms with E-state index in [1.165, 1.54) is 11.8 Å². The van der Waals surface area contributed by atoms with E-state index >= 15 is 0 Å². The lowest BCUT2D eigenvalue weighted by Gasteiger charge is -2.33. The molecule has 1 N–H and O–H groups in total. The van der Waals surface area contributed by atoms with Crippen molar-refractivity contribution in [1.82, 2.24) is 4.90 Å². The van der Waals surface area contributed by atoms with E-state index in [2.05, 4.69) is 26.2 Å². The van der Waals surface area contributed by atoms with Crippen LogP contribution in [0, 0.1) is 0 Å². The van der Waals surface area contributed by atoms with E-state index in [9.17, 15) is 9.59 Å². The Morgan fingerprint density at radius 3 is 2.59 bits per heavy atom. The largest absolute Gasteiger partial charge is 0.322 e. The summed E-state index contributed by atoms with van der Waals surface area (Å²) in [5, 5.41) is 3.58. The quantitative estimate of drug-likeness (QED) is 0.769. The number of nitrogens with one attached hydrogen (secondary N) is 1. The molecule has 1 fully saturated rings. The number of fused-ring (bicyclic) bond motifs is 1. The first-order valence-electron chi connectivity index (χ1n) is 8.41. The Bertz CT molecular complexity index is 970. The van der Waals surface area contributed by atoms with Crippen molar-refractivity contribution in [2.24, 2.45) is 4.99 Å². The minimum atomic E-state index is -0.489. The number of allylic oxidation sites excluding steroid dienone is 1. The number of nitrogens with zero attached hydrogens (tertiary/aromatic N) is 2. The second-order valence-corrected chi connectivity index (χ2v) is 8.08. The van der Waals surface area contributed by atoms with Crippen molar-refractivity contribution in [1.29, 1.82) is 0 Å². The maximum atomic E-state index is 13.1. The maximum absolute atomic E-state index is 13.1. The lowest BCUT2D eigenvalue weighted by Crippen LogP contribution is -2.40. The van der Waals surface area contributed by atoms with Crippen LogP contribution < -0.4 is 5.32 Å². The fourth-order valence-electron chi connectivity index (χ4n) is 3.21. The molecule has 2 amide bonds. The Morgan fingerprint density at radius 2 is 1.89 bits per heavy atom. The van der Waals surface area contributed by atoms with Gasteiger partial charge in [-0.2, -0.15) is 0 Å². The number of thioether (sulfide) groups is 1. The first kappa shape index (κ1) is 18.0. The third kappa shape index (κ3) is 3.44. The average Bonchev–Trinajstić information content (AvgIpc) is 3.02. The Labute approximate surface area is 169 Å². The molecule has 0 saturated carbocycles. The normalized spacial score (nSPS) is 19.0. The van der Waals surface area contributed by atoms with Gasteiger partial charge in [0.25, 0.3) is 5.91 Å². The van der Waals surface area contributed by atoms with Crippen LogP contribution >= 0.6 is 27.7 Å². The molecule has 0 aromatic heterocycles. The molecule has 1 unspecified atom stereocenters. The van der Waals surface area contributed by atoms with Crippen molar-refractivity contribution < 1.29 is 9.59 Å². The van der Waals surface area contributed by atoms with E-state index in [4.69, 9.17) is 0 Å². The van der Waals surface area contributed by atoms with Gasteiger partial charge in [-0.15, -0.1) is 0 Å². The molecule has 0 bridgehead atoms. The van der Waals surface area contributed by atoms with Gasteiger partial charge in [0.15, 0.2) is 5.17 Å². The number of hydrogen-bond donors (Lipinski definition) is 1. The van der Waals surface area contributed by atoms with Crippen molar-refractivity contribution in [3.63, 3.8) is 0 Å². The summed E-state index contributed by atoms with van der Waals surface area (Å²) in [6.07, 6.45) is 0. The molecule has 4 rings (SSSR count). The van der Waals surface area contributed by atoms with Crippen LogP contribution in [0.1, 0.15) is 18.5 Å². The fraction of sp³-hybridized carbons (Fsp3) is 0.150. The van der Waals surface area contributed by atoms with E-state index in [1.807, 2.05) is 61.5 Å². The molecule has 1 saturated heterocycles. The second kappa shape index (κ2) is 7.32.